The molecular formula is C14H27N3O2. The molecule has 0 bridgehead atoms. The van der Waals surface area contributed by atoms with Crippen molar-refractivity contribution in [2.45, 2.75) is 44.7 Å². The molecule has 1 unspecified atom stereocenters. The molecule has 0 saturated carbocycles. The molecule has 5 nitrogen and oxygen atoms in total. The van der Waals surface area contributed by atoms with Gasteiger partial charge in [0.25, 0.3) is 0 Å². The maximum absolute atomic E-state index is 11.8. The minimum atomic E-state index is 0.0794. The average Bonchev–Trinajstić information content (AvgIpc) is 2.84. The first-order chi connectivity index (χ1) is 9.08. The number of nitrogens with zero attached hydrogens (tertiary/aromatic N) is 1. The Morgan fingerprint density at radius 1 is 1.53 bits per heavy atom. The maximum atomic E-state index is 11.8. The Bertz CT molecular complexity index is 301. The largest absolute Gasteiger partial charge is 0.378 e. The van der Waals surface area contributed by atoms with E-state index in [2.05, 4.69) is 29.4 Å². The highest BCUT2D eigenvalue weighted by Gasteiger charge is 2.29. The summed E-state index contributed by atoms with van der Waals surface area (Å²) in [6.45, 7) is 9.59. The van der Waals surface area contributed by atoms with E-state index in [0.717, 1.165) is 45.8 Å². The highest BCUT2D eigenvalue weighted by atomic mass is 16.5. The molecule has 2 rings (SSSR count). The van der Waals surface area contributed by atoms with E-state index in [0.29, 0.717) is 12.5 Å². The van der Waals surface area contributed by atoms with Gasteiger partial charge in [-0.1, -0.05) is 0 Å². The van der Waals surface area contributed by atoms with Crippen LogP contribution in [0.4, 0.5) is 0 Å². The Balaban J connectivity index is 1.63. The summed E-state index contributed by atoms with van der Waals surface area (Å²) in [6.07, 6.45) is 2.94. The van der Waals surface area contributed by atoms with E-state index in [9.17, 15) is 4.79 Å². The highest BCUT2D eigenvalue weighted by molar-refractivity contribution is 5.76. The molecule has 1 atom stereocenters. The van der Waals surface area contributed by atoms with E-state index in [-0.39, 0.29) is 11.4 Å². The Hall–Kier alpha value is -0.650. The minimum Gasteiger partial charge on any atom is -0.378 e. The van der Waals surface area contributed by atoms with Crippen LogP contribution in [0, 0.1) is 0 Å². The van der Waals surface area contributed by atoms with Crippen LogP contribution in [0.5, 0.6) is 0 Å². The fraction of sp³-hybridized carbons (Fsp3) is 0.929. The van der Waals surface area contributed by atoms with Crippen LogP contribution in [-0.2, 0) is 9.53 Å². The molecular weight excluding hydrogens is 242 g/mol. The van der Waals surface area contributed by atoms with Crippen LogP contribution in [0.3, 0.4) is 0 Å². The monoisotopic (exact) mass is 269 g/mol. The van der Waals surface area contributed by atoms with Gasteiger partial charge in [0.15, 0.2) is 0 Å². The van der Waals surface area contributed by atoms with Crippen molar-refractivity contribution in [2.75, 3.05) is 39.4 Å². The molecule has 110 valence electrons. The molecule has 2 aliphatic rings. The topological polar surface area (TPSA) is 53.6 Å². The zero-order valence-corrected chi connectivity index (χ0v) is 12.2. The lowest BCUT2D eigenvalue weighted by molar-refractivity contribution is -0.121. The quantitative estimate of drug-likeness (QED) is 0.756. The van der Waals surface area contributed by atoms with Crippen LogP contribution in [0.15, 0.2) is 0 Å². The zero-order valence-electron chi connectivity index (χ0n) is 12.2. The average molecular weight is 269 g/mol. The molecule has 0 spiro atoms. The predicted octanol–water partition coefficient (Wildman–Crippen LogP) is 0.356. The molecule has 2 saturated heterocycles. The number of rotatable bonds is 5. The van der Waals surface area contributed by atoms with E-state index in [4.69, 9.17) is 4.74 Å². The number of carbonyl (C=O) groups is 1. The Morgan fingerprint density at radius 3 is 3.05 bits per heavy atom. The lowest BCUT2D eigenvalue weighted by Gasteiger charge is -2.42. The number of ether oxygens (including phenoxy) is 1. The van der Waals surface area contributed by atoms with Crippen molar-refractivity contribution in [2.24, 2.45) is 0 Å². The smallest absolute Gasteiger partial charge is 0.221 e. The van der Waals surface area contributed by atoms with Gasteiger partial charge >= 0.3 is 0 Å². The number of hydrogen-bond acceptors (Lipinski definition) is 4. The first kappa shape index (κ1) is 14.8. The molecule has 5 heteroatoms. The first-order valence-corrected chi connectivity index (χ1v) is 7.41. The molecule has 0 aromatic carbocycles. The molecule has 0 aliphatic carbocycles. The summed E-state index contributed by atoms with van der Waals surface area (Å²) < 4.78 is 5.49. The molecule has 19 heavy (non-hydrogen) atoms. The molecule has 0 aromatic heterocycles. The van der Waals surface area contributed by atoms with Crippen LogP contribution < -0.4 is 10.6 Å². The van der Waals surface area contributed by atoms with Gasteiger partial charge in [0, 0.05) is 37.6 Å². The third-order valence-corrected chi connectivity index (χ3v) is 4.11. The summed E-state index contributed by atoms with van der Waals surface area (Å²) in [5.74, 6) is 0.172. The lowest BCUT2D eigenvalue weighted by atomic mass is 10.0. The van der Waals surface area contributed by atoms with Crippen molar-refractivity contribution in [3.8, 4) is 0 Å². The summed E-state index contributed by atoms with van der Waals surface area (Å²) in [5, 5.41) is 6.39. The lowest BCUT2D eigenvalue weighted by Crippen LogP contribution is -2.54. The molecule has 2 N–H and O–H groups in total. The zero-order chi connectivity index (χ0) is 13.7. The SMILES string of the molecule is CC1(C)COCCN1CCNC(=O)CC1CCCN1. The van der Waals surface area contributed by atoms with Gasteiger partial charge in [0.2, 0.25) is 5.91 Å². The van der Waals surface area contributed by atoms with Crippen molar-refractivity contribution in [1.82, 2.24) is 15.5 Å². The van der Waals surface area contributed by atoms with Crippen LogP contribution >= 0.6 is 0 Å². The van der Waals surface area contributed by atoms with Crippen LogP contribution in [0.2, 0.25) is 0 Å². The number of carbonyl (C=O) groups excluding carboxylic acids is 1. The molecule has 1 amide bonds. The summed E-state index contributed by atoms with van der Waals surface area (Å²) in [4.78, 5) is 14.2. The van der Waals surface area contributed by atoms with Crippen molar-refractivity contribution in [1.29, 1.82) is 0 Å². The summed E-state index contributed by atoms with van der Waals surface area (Å²) in [5.41, 5.74) is 0.0794. The van der Waals surface area contributed by atoms with Gasteiger partial charge in [0.1, 0.15) is 0 Å². The number of morpholine rings is 1. The van der Waals surface area contributed by atoms with Crippen molar-refractivity contribution < 1.29 is 9.53 Å². The first-order valence-electron chi connectivity index (χ1n) is 7.41. The predicted molar refractivity (Wildman–Crippen MR) is 75.1 cm³/mol. The summed E-state index contributed by atoms with van der Waals surface area (Å²) >= 11 is 0. The number of amides is 1. The second-order valence-electron chi connectivity index (χ2n) is 6.20. The van der Waals surface area contributed by atoms with Gasteiger partial charge in [-0.2, -0.15) is 0 Å². The number of nitrogens with one attached hydrogen (secondary N) is 2. The normalized spacial score (nSPS) is 27.4. The Morgan fingerprint density at radius 2 is 2.37 bits per heavy atom. The van der Waals surface area contributed by atoms with E-state index in [1.54, 1.807) is 0 Å². The van der Waals surface area contributed by atoms with E-state index >= 15 is 0 Å². The van der Waals surface area contributed by atoms with Gasteiger partial charge in [0.05, 0.1) is 13.2 Å². The van der Waals surface area contributed by atoms with Crippen LogP contribution in [0.25, 0.3) is 0 Å². The molecule has 0 aromatic rings. The minimum absolute atomic E-state index is 0.0794. The molecule has 0 radical (unpaired) electrons. The van der Waals surface area contributed by atoms with E-state index < -0.39 is 0 Å². The Labute approximate surface area is 116 Å². The third-order valence-electron chi connectivity index (χ3n) is 4.11. The van der Waals surface area contributed by atoms with E-state index in [1.165, 1.54) is 6.42 Å². The van der Waals surface area contributed by atoms with Crippen LogP contribution in [0.1, 0.15) is 33.1 Å². The maximum Gasteiger partial charge on any atom is 0.221 e. The second kappa shape index (κ2) is 6.68. The fourth-order valence-corrected chi connectivity index (χ4v) is 2.86. The highest BCUT2D eigenvalue weighted by Crippen LogP contribution is 2.17. The Kier molecular flexibility index (Phi) is 5.19. The summed E-state index contributed by atoms with van der Waals surface area (Å²) in [7, 11) is 0. The van der Waals surface area contributed by atoms with E-state index in [1.807, 2.05) is 0 Å². The molecule has 2 heterocycles. The van der Waals surface area contributed by atoms with Gasteiger partial charge in [-0.3, -0.25) is 9.69 Å². The van der Waals surface area contributed by atoms with Gasteiger partial charge in [-0.15, -0.1) is 0 Å². The fourth-order valence-electron chi connectivity index (χ4n) is 2.86. The van der Waals surface area contributed by atoms with Gasteiger partial charge in [-0.05, 0) is 33.2 Å². The van der Waals surface area contributed by atoms with Gasteiger partial charge < -0.3 is 15.4 Å². The van der Waals surface area contributed by atoms with Crippen molar-refractivity contribution in [3.63, 3.8) is 0 Å². The summed E-state index contributed by atoms with van der Waals surface area (Å²) in [6, 6.07) is 0.389. The molecule has 2 fully saturated rings. The second-order valence-corrected chi connectivity index (χ2v) is 6.20. The van der Waals surface area contributed by atoms with Crippen molar-refractivity contribution in [3.05, 3.63) is 0 Å². The standard InChI is InChI=1S/C14H27N3O2/c1-14(2)11-19-9-8-17(14)7-6-16-13(18)10-12-4-3-5-15-12/h12,15H,3-11H2,1-2H3,(H,16,18). The number of hydrogen-bond donors (Lipinski definition) is 2. The third kappa shape index (κ3) is 4.44. The van der Waals surface area contributed by atoms with Crippen molar-refractivity contribution >= 4 is 5.91 Å². The molecule has 2 aliphatic heterocycles. The van der Waals surface area contributed by atoms with Gasteiger partial charge in [-0.25, -0.2) is 0 Å². The van der Waals surface area contributed by atoms with Crippen LogP contribution in [-0.4, -0.2) is 61.8 Å².